The molecule has 5 rings (SSSR count). The summed E-state index contributed by atoms with van der Waals surface area (Å²) >= 11 is 0. The number of azide groups is 2. The molecular weight excluding hydrogens is 596 g/mol. The van der Waals surface area contributed by atoms with Crippen LogP contribution in [0, 0.1) is 0 Å². The number of rotatable bonds is 12. The largest absolute Gasteiger partial charge is 0.497 e. The third-order valence-electron chi connectivity index (χ3n) is 7.90. The quantitative estimate of drug-likeness (QED) is 0.101. The maximum absolute atomic E-state index is 13.1. The van der Waals surface area contributed by atoms with Crippen molar-refractivity contribution in [2.24, 2.45) is 10.2 Å². The van der Waals surface area contributed by atoms with Gasteiger partial charge in [-0.2, -0.15) is 0 Å². The molecule has 15 nitrogen and oxygen atoms in total. The number of aliphatic hydroxyl groups is 1. The Kier molecular flexibility index (Phi) is 9.42. The zero-order valence-corrected chi connectivity index (χ0v) is 24.8. The molecule has 0 aliphatic carbocycles. The Hall–Kier alpha value is -5.56. The Balaban J connectivity index is 1.80. The maximum atomic E-state index is 13.1. The van der Waals surface area contributed by atoms with Crippen molar-refractivity contribution in [1.82, 2.24) is 9.55 Å². The molecule has 15 heteroatoms. The van der Waals surface area contributed by atoms with Crippen LogP contribution in [0.4, 0.5) is 0 Å². The summed E-state index contributed by atoms with van der Waals surface area (Å²) < 4.78 is 25.3. The first-order valence-corrected chi connectivity index (χ1v) is 14.0. The van der Waals surface area contributed by atoms with Crippen molar-refractivity contribution in [1.29, 1.82) is 0 Å². The molecule has 4 aromatic rings. The summed E-state index contributed by atoms with van der Waals surface area (Å²) in [5, 5.41) is 19.3. The van der Waals surface area contributed by atoms with Crippen LogP contribution in [0.1, 0.15) is 22.9 Å². The van der Waals surface area contributed by atoms with E-state index in [1.54, 1.807) is 38.5 Å². The topological polar surface area (TPSA) is 210 Å². The van der Waals surface area contributed by atoms with E-state index < -0.39 is 54.0 Å². The van der Waals surface area contributed by atoms with Crippen LogP contribution in [0.2, 0.25) is 0 Å². The highest BCUT2D eigenvalue weighted by molar-refractivity contribution is 5.50. The number of H-pyrrole nitrogens is 1. The zero-order chi connectivity index (χ0) is 32.7. The van der Waals surface area contributed by atoms with Crippen molar-refractivity contribution in [3.05, 3.63) is 150 Å². The lowest BCUT2D eigenvalue weighted by molar-refractivity contribution is -0.126. The summed E-state index contributed by atoms with van der Waals surface area (Å²) in [5.74, 6) is 1.18. The molecule has 0 radical (unpaired) electrons. The average molecular weight is 627 g/mol. The molecule has 46 heavy (non-hydrogen) atoms. The number of methoxy groups -OCH3 is 2. The summed E-state index contributed by atoms with van der Waals surface area (Å²) in [4.78, 5) is 32.9. The van der Waals surface area contributed by atoms with Crippen molar-refractivity contribution >= 4 is 0 Å². The van der Waals surface area contributed by atoms with Gasteiger partial charge in [-0.3, -0.25) is 14.3 Å². The molecule has 0 unspecified atom stereocenters. The van der Waals surface area contributed by atoms with Gasteiger partial charge in [-0.05, 0) is 52.0 Å². The molecule has 1 saturated heterocycles. The second-order valence-corrected chi connectivity index (χ2v) is 10.4. The predicted molar refractivity (Wildman–Crippen MR) is 165 cm³/mol. The Morgan fingerprint density at radius 3 is 1.87 bits per heavy atom. The van der Waals surface area contributed by atoms with E-state index in [4.69, 9.17) is 30.0 Å². The molecule has 1 aliphatic heterocycles. The molecule has 0 amide bonds. The highest BCUT2D eigenvalue weighted by atomic mass is 16.6. The van der Waals surface area contributed by atoms with Gasteiger partial charge in [-0.1, -0.05) is 64.8 Å². The first-order chi connectivity index (χ1) is 22.3. The van der Waals surface area contributed by atoms with Gasteiger partial charge in [0.1, 0.15) is 34.9 Å². The Labute approximate surface area is 261 Å². The van der Waals surface area contributed by atoms with Crippen LogP contribution < -0.4 is 20.7 Å². The van der Waals surface area contributed by atoms with E-state index in [1.165, 1.54) is 6.20 Å². The minimum absolute atomic E-state index is 0.471. The molecule has 0 saturated carbocycles. The molecule has 2 heterocycles. The molecule has 0 bridgehead atoms. The number of hydrogen-bond acceptors (Lipinski definition) is 9. The molecule has 1 aliphatic rings. The third-order valence-corrected chi connectivity index (χ3v) is 7.90. The van der Waals surface area contributed by atoms with E-state index in [2.05, 4.69) is 25.0 Å². The first-order valence-electron chi connectivity index (χ1n) is 14.0. The van der Waals surface area contributed by atoms with Gasteiger partial charge in [0.15, 0.2) is 6.23 Å². The summed E-state index contributed by atoms with van der Waals surface area (Å²) in [7, 11) is 3.09. The first kappa shape index (κ1) is 31.9. The summed E-state index contributed by atoms with van der Waals surface area (Å²) in [5.41, 5.74) is 15.4. The SMILES string of the molecule is COc1ccc(C(O[C@H]2[C@H](n3ccc(=O)[nH]c3=O)OC(CN=[N+]=[N-])(CN=[N+]=[N-])[C@H]2O)(c2ccccc2)c2ccc(OC)cc2)cc1. The normalized spacial score (nSPS) is 20.7. The third kappa shape index (κ3) is 5.92. The second-order valence-electron chi connectivity index (χ2n) is 10.4. The van der Waals surface area contributed by atoms with E-state index in [9.17, 15) is 14.7 Å². The standard InChI is InChI=1S/C31H30N8O7/c1-43-23-12-8-21(9-13-23)31(20-6-4-3-5-7-20,22-10-14-24(44-2)15-11-22)45-26-27(41)30(18-34-37-32,19-35-38-33)46-28(26)39-17-16-25(40)36-29(39)42/h3-17,26-28,41H,18-19H2,1-2H3,(H,36,40,42)/t26-,27+,28-/m1/s1. The number of benzene rings is 3. The van der Waals surface area contributed by atoms with Crippen molar-refractivity contribution in [2.45, 2.75) is 29.6 Å². The van der Waals surface area contributed by atoms with Crippen molar-refractivity contribution in [3.8, 4) is 11.5 Å². The van der Waals surface area contributed by atoms with E-state index in [1.807, 2.05) is 54.6 Å². The molecule has 3 aromatic carbocycles. The fraction of sp³-hybridized carbons (Fsp3) is 0.290. The van der Waals surface area contributed by atoms with Gasteiger partial charge in [0.05, 0.1) is 27.3 Å². The van der Waals surface area contributed by atoms with Crippen molar-refractivity contribution in [2.75, 3.05) is 27.3 Å². The lowest BCUT2D eigenvalue weighted by Gasteiger charge is -2.40. The van der Waals surface area contributed by atoms with Crippen LogP contribution >= 0.6 is 0 Å². The molecule has 236 valence electrons. The van der Waals surface area contributed by atoms with Gasteiger partial charge in [-0.15, -0.1) is 0 Å². The monoisotopic (exact) mass is 626 g/mol. The Morgan fingerprint density at radius 2 is 1.39 bits per heavy atom. The van der Waals surface area contributed by atoms with E-state index in [0.29, 0.717) is 28.2 Å². The minimum Gasteiger partial charge on any atom is -0.497 e. The smallest absolute Gasteiger partial charge is 0.330 e. The van der Waals surface area contributed by atoms with Crippen molar-refractivity contribution < 1.29 is 24.1 Å². The Bertz CT molecular complexity index is 1800. The fourth-order valence-corrected chi connectivity index (χ4v) is 5.64. The second kappa shape index (κ2) is 13.6. The van der Waals surface area contributed by atoms with Crippen molar-refractivity contribution in [3.63, 3.8) is 0 Å². The van der Waals surface area contributed by atoms with Crippen LogP contribution in [0.15, 0.2) is 111 Å². The lowest BCUT2D eigenvalue weighted by Crippen LogP contribution is -2.51. The van der Waals surface area contributed by atoms with Gasteiger partial charge in [-0.25, -0.2) is 4.79 Å². The molecule has 1 aromatic heterocycles. The highest BCUT2D eigenvalue weighted by Crippen LogP contribution is 2.48. The van der Waals surface area contributed by atoms with Gasteiger partial charge in [0.25, 0.3) is 5.56 Å². The molecule has 2 N–H and O–H groups in total. The van der Waals surface area contributed by atoms with Gasteiger partial charge in [0.2, 0.25) is 0 Å². The number of aromatic amines is 1. The van der Waals surface area contributed by atoms with Crippen LogP contribution in [-0.2, 0) is 15.1 Å². The number of aliphatic hydroxyl groups excluding tert-OH is 1. The van der Waals surface area contributed by atoms with Gasteiger partial charge in [0, 0.05) is 22.1 Å². The average Bonchev–Trinajstić information content (AvgIpc) is 3.35. The number of hydrogen-bond donors (Lipinski definition) is 2. The van der Waals surface area contributed by atoms with E-state index in [0.717, 1.165) is 10.6 Å². The number of ether oxygens (including phenoxy) is 4. The van der Waals surface area contributed by atoms with E-state index >= 15 is 0 Å². The molecule has 3 atom stereocenters. The highest BCUT2D eigenvalue weighted by Gasteiger charge is 2.58. The molecular formula is C31H30N8O7. The van der Waals surface area contributed by atoms with Crippen LogP contribution in [-0.4, -0.2) is 59.8 Å². The lowest BCUT2D eigenvalue weighted by atomic mass is 9.79. The Morgan fingerprint density at radius 1 is 0.870 bits per heavy atom. The van der Waals surface area contributed by atoms with E-state index in [-0.39, 0.29) is 0 Å². The van der Waals surface area contributed by atoms with Crippen LogP contribution in [0.3, 0.4) is 0 Å². The number of nitrogens with one attached hydrogen (secondary N) is 1. The van der Waals surface area contributed by atoms with Gasteiger partial charge >= 0.3 is 5.69 Å². The summed E-state index contributed by atoms with van der Waals surface area (Å²) in [6.45, 7) is -0.941. The van der Waals surface area contributed by atoms with Gasteiger partial charge < -0.3 is 24.1 Å². The predicted octanol–water partition coefficient (Wildman–Crippen LogP) is 4.18. The molecule has 1 fully saturated rings. The fourth-order valence-electron chi connectivity index (χ4n) is 5.64. The number of aromatic nitrogens is 2. The van der Waals surface area contributed by atoms with Crippen LogP contribution in [0.25, 0.3) is 20.9 Å². The maximum Gasteiger partial charge on any atom is 0.330 e. The van der Waals surface area contributed by atoms with Crippen LogP contribution in [0.5, 0.6) is 11.5 Å². The number of nitrogens with zero attached hydrogens (tertiary/aromatic N) is 7. The minimum atomic E-state index is -1.81. The summed E-state index contributed by atoms with van der Waals surface area (Å²) in [6, 6.07) is 24.6. The summed E-state index contributed by atoms with van der Waals surface area (Å²) in [6.07, 6.45) is -3.22. The zero-order valence-electron chi connectivity index (χ0n) is 24.8. The molecule has 0 spiro atoms.